The number of carbonyl (C=O) groups excluding carboxylic acids is 1. The van der Waals surface area contributed by atoms with E-state index in [0.29, 0.717) is 18.5 Å². The molecule has 2 N–H and O–H groups in total. The minimum Gasteiger partial charge on any atom is -0.393 e. The molecule has 1 heterocycles. The number of thiophene rings is 1. The summed E-state index contributed by atoms with van der Waals surface area (Å²) in [5.74, 6) is 5.23. The summed E-state index contributed by atoms with van der Waals surface area (Å²) >= 11 is 1.38. The molecule has 1 amide bonds. The zero-order valence-electron chi connectivity index (χ0n) is 10.5. The Balaban J connectivity index is 2.63. The van der Waals surface area contributed by atoms with E-state index in [1.807, 2.05) is 0 Å². The maximum absolute atomic E-state index is 12.0. The molecule has 18 heavy (non-hydrogen) atoms. The van der Waals surface area contributed by atoms with E-state index in [1.165, 1.54) is 11.3 Å². The Bertz CT molecular complexity index is 456. The Morgan fingerprint density at radius 3 is 2.94 bits per heavy atom. The molecule has 1 unspecified atom stereocenters. The third-order valence-corrected chi connectivity index (χ3v) is 3.21. The van der Waals surface area contributed by atoms with Gasteiger partial charge in [0.2, 0.25) is 0 Å². The van der Waals surface area contributed by atoms with E-state index < -0.39 is 6.10 Å². The summed E-state index contributed by atoms with van der Waals surface area (Å²) in [6.07, 6.45) is 0.150. The Morgan fingerprint density at radius 2 is 2.33 bits per heavy atom. The average Bonchev–Trinajstić information content (AvgIpc) is 2.81. The predicted molar refractivity (Wildman–Crippen MR) is 71.5 cm³/mol. The fourth-order valence-corrected chi connectivity index (χ4v) is 2.09. The van der Waals surface area contributed by atoms with Gasteiger partial charge in [-0.1, -0.05) is 11.8 Å². The smallest absolute Gasteiger partial charge is 0.254 e. The van der Waals surface area contributed by atoms with Gasteiger partial charge in [-0.05, 0) is 19.4 Å². The van der Waals surface area contributed by atoms with Crippen molar-refractivity contribution >= 4 is 17.2 Å². The maximum Gasteiger partial charge on any atom is 0.254 e. The Morgan fingerprint density at radius 1 is 1.61 bits per heavy atom. The molecule has 0 saturated heterocycles. The monoisotopic (exact) mass is 267 g/mol. The molecule has 5 heteroatoms. The van der Waals surface area contributed by atoms with E-state index in [-0.39, 0.29) is 12.5 Å². The Kier molecular flexibility index (Phi) is 5.86. The van der Waals surface area contributed by atoms with Crippen molar-refractivity contribution in [1.82, 2.24) is 4.90 Å². The number of nitrogens with zero attached hydrogens (tertiary/aromatic N) is 1. The van der Waals surface area contributed by atoms with E-state index in [9.17, 15) is 9.90 Å². The highest BCUT2D eigenvalue weighted by Gasteiger charge is 2.13. The fourth-order valence-electron chi connectivity index (χ4n) is 1.34. The molecule has 0 aliphatic carbocycles. The summed E-state index contributed by atoms with van der Waals surface area (Å²) in [4.78, 5) is 14.3. The quantitative estimate of drug-likeness (QED) is 0.798. The van der Waals surface area contributed by atoms with Crippen LogP contribution >= 0.6 is 11.3 Å². The molecule has 0 fully saturated rings. The van der Waals surface area contributed by atoms with Crippen LogP contribution in [0.25, 0.3) is 0 Å². The van der Waals surface area contributed by atoms with Crippen LogP contribution in [0.15, 0.2) is 11.4 Å². The second-order valence-corrected chi connectivity index (χ2v) is 4.94. The van der Waals surface area contributed by atoms with Gasteiger partial charge in [-0.3, -0.25) is 4.79 Å². The van der Waals surface area contributed by atoms with Crippen molar-refractivity contribution in [2.45, 2.75) is 19.4 Å². The topological polar surface area (TPSA) is 60.8 Å². The van der Waals surface area contributed by atoms with E-state index in [1.54, 1.807) is 30.3 Å². The number of aliphatic hydroxyl groups excluding tert-OH is 2. The Labute approximate surface area is 111 Å². The Hall–Kier alpha value is -1.35. The standard InChI is InChI=1S/C13H17NO3S/c1-10(16)5-6-14(2)13(17)11-8-12(18-9-11)4-3-7-15/h8-10,15-16H,5-7H2,1-2H3. The first-order valence-corrected chi connectivity index (χ1v) is 6.54. The van der Waals surface area contributed by atoms with E-state index in [0.717, 1.165) is 4.88 Å². The summed E-state index contributed by atoms with van der Waals surface area (Å²) in [7, 11) is 1.71. The molecule has 0 saturated carbocycles. The van der Waals surface area contributed by atoms with Gasteiger partial charge in [0, 0.05) is 19.0 Å². The zero-order valence-corrected chi connectivity index (χ0v) is 11.3. The number of aliphatic hydroxyl groups is 2. The fraction of sp³-hybridized carbons (Fsp3) is 0.462. The van der Waals surface area contributed by atoms with Gasteiger partial charge in [0.15, 0.2) is 0 Å². The summed E-state index contributed by atoms with van der Waals surface area (Å²) in [5, 5.41) is 19.5. The highest BCUT2D eigenvalue weighted by atomic mass is 32.1. The van der Waals surface area contributed by atoms with Crippen molar-refractivity contribution in [1.29, 1.82) is 0 Å². The predicted octanol–water partition coefficient (Wildman–Crippen LogP) is 0.935. The first-order chi connectivity index (χ1) is 8.54. The van der Waals surface area contributed by atoms with Gasteiger partial charge in [-0.25, -0.2) is 0 Å². The molecule has 0 aliphatic heterocycles. The molecule has 0 radical (unpaired) electrons. The van der Waals surface area contributed by atoms with Crippen LogP contribution < -0.4 is 0 Å². The first-order valence-electron chi connectivity index (χ1n) is 5.66. The zero-order chi connectivity index (χ0) is 13.5. The minimum atomic E-state index is -0.409. The van der Waals surface area contributed by atoms with E-state index in [2.05, 4.69) is 11.8 Å². The lowest BCUT2D eigenvalue weighted by Gasteiger charge is -2.17. The van der Waals surface area contributed by atoms with Gasteiger partial charge in [-0.15, -0.1) is 11.3 Å². The van der Waals surface area contributed by atoms with Crippen LogP contribution in [0.5, 0.6) is 0 Å². The van der Waals surface area contributed by atoms with Crippen LogP contribution in [0, 0.1) is 11.8 Å². The summed E-state index contributed by atoms with van der Waals surface area (Å²) in [5.41, 5.74) is 0.593. The first kappa shape index (κ1) is 14.7. The van der Waals surface area contributed by atoms with E-state index >= 15 is 0 Å². The number of carbonyl (C=O) groups is 1. The molecule has 4 nitrogen and oxygen atoms in total. The van der Waals surface area contributed by atoms with Gasteiger partial charge in [-0.2, -0.15) is 0 Å². The van der Waals surface area contributed by atoms with Crippen LogP contribution in [0.1, 0.15) is 28.6 Å². The van der Waals surface area contributed by atoms with Crippen LogP contribution in [0.4, 0.5) is 0 Å². The second-order valence-electron chi connectivity index (χ2n) is 4.02. The van der Waals surface area contributed by atoms with Crippen molar-refractivity contribution in [2.75, 3.05) is 20.2 Å². The molecule has 1 aromatic heterocycles. The lowest BCUT2D eigenvalue weighted by atomic mass is 10.2. The van der Waals surface area contributed by atoms with Gasteiger partial charge in [0.25, 0.3) is 5.91 Å². The lowest BCUT2D eigenvalue weighted by Crippen LogP contribution is -2.29. The highest BCUT2D eigenvalue weighted by Crippen LogP contribution is 2.15. The van der Waals surface area contributed by atoms with Gasteiger partial charge >= 0.3 is 0 Å². The summed E-state index contributed by atoms with van der Waals surface area (Å²) < 4.78 is 0. The molecule has 1 aromatic rings. The number of hydrogen-bond acceptors (Lipinski definition) is 4. The normalized spacial score (nSPS) is 11.6. The highest BCUT2D eigenvalue weighted by molar-refractivity contribution is 7.10. The third kappa shape index (κ3) is 4.49. The van der Waals surface area contributed by atoms with Crippen molar-refractivity contribution in [2.24, 2.45) is 0 Å². The van der Waals surface area contributed by atoms with Crippen molar-refractivity contribution < 1.29 is 15.0 Å². The summed E-state index contributed by atoms with van der Waals surface area (Å²) in [6, 6.07) is 1.72. The van der Waals surface area contributed by atoms with Crippen molar-refractivity contribution in [3.63, 3.8) is 0 Å². The minimum absolute atomic E-state index is 0.0797. The number of amides is 1. The van der Waals surface area contributed by atoms with Crippen molar-refractivity contribution in [3.05, 3.63) is 21.9 Å². The van der Waals surface area contributed by atoms with Gasteiger partial charge < -0.3 is 15.1 Å². The largest absolute Gasteiger partial charge is 0.393 e. The molecular weight excluding hydrogens is 250 g/mol. The molecule has 1 rings (SSSR count). The maximum atomic E-state index is 12.0. The molecule has 0 bridgehead atoms. The third-order valence-electron chi connectivity index (χ3n) is 2.37. The second kappa shape index (κ2) is 7.17. The van der Waals surface area contributed by atoms with Crippen LogP contribution in [0.3, 0.4) is 0 Å². The van der Waals surface area contributed by atoms with Crippen LogP contribution in [-0.4, -0.2) is 47.3 Å². The molecular formula is C13H17NO3S. The summed E-state index contributed by atoms with van der Waals surface area (Å²) in [6.45, 7) is 2.03. The van der Waals surface area contributed by atoms with Gasteiger partial charge in [0.1, 0.15) is 6.61 Å². The SMILES string of the molecule is CC(O)CCN(C)C(=O)c1csc(C#CCO)c1. The van der Waals surface area contributed by atoms with Crippen LogP contribution in [0.2, 0.25) is 0 Å². The number of rotatable bonds is 4. The van der Waals surface area contributed by atoms with E-state index in [4.69, 9.17) is 5.11 Å². The van der Waals surface area contributed by atoms with Gasteiger partial charge in [0.05, 0.1) is 16.5 Å². The molecule has 98 valence electrons. The van der Waals surface area contributed by atoms with Crippen LogP contribution in [-0.2, 0) is 0 Å². The van der Waals surface area contributed by atoms with Crippen molar-refractivity contribution in [3.8, 4) is 11.8 Å². The average molecular weight is 267 g/mol. The molecule has 1 atom stereocenters. The molecule has 0 spiro atoms. The number of hydrogen-bond donors (Lipinski definition) is 2. The molecule has 0 aromatic carbocycles. The lowest BCUT2D eigenvalue weighted by molar-refractivity contribution is 0.0769. The molecule has 0 aliphatic rings.